The maximum Gasteiger partial charge on any atom is 0.221 e. The molecule has 1 amide bonds. The topological polar surface area (TPSA) is 47.6 Å². The fourth-order valence-corrected chi connectivity index (χ4v) is 3.41. The van der Waals surface area contributed by atoms with E-state index in [0.717, 1.165) is 17.7 Å². The molecule has 5 heteroatoms. The van der Waals surface area contributed by atoms with E-state index >= 15 is 0 Å². The Bertz CT molecular complexity index is 676. The molecule has 0 radical (unpaired) electrons. The zero-order chi connectivity index (χ0) is 18.1. The highest BCUT2D eigenvalue weighted by atomic mass is 32.2. The molecule has 0 unspecified atom stereocenters. The molecule has 0 spiro atoms. The summed E-state index contributed by atoms with van der Waals surface area (Å²) >= 11 is 1.69. The Morgan fingerprint density at radius 2 is 1.80 bits per heavy atom. The summed E-state index contributed by atoms with van der Waals surface area (Å²) in [5.74, 6) is 2.18. The highest BCUT2D eigenvalue weighted by Gasteiger charge is 2.15. The quantitative estimate of drug-likeness (QED) is 0.672. The molecular weight excluding hydrogens is 334 g/mol. The lowest BCUT2D eigenvalue weighted by Crippen LogP contribution is -2.28. The Morgan fingerprint density at radius 1 is 1.08 bits per heavy atom. The highest BCUT2D eigenvalue weighted by molar-refractivity contribution is 7.99. The van der Waals surface area contributed by atoms with Crippen LogP contribution >= 0.6 is 11.8 Å². The SMILES string of the molecule is CC[C@@H](NC(=O)CCSc1ccccc1)c1ccc(OC)c(OC)c1. The van der Waals surface area contributed by atoms with Gasteiger partial charge in [0.25, 0.3) is 0 Å². The molecule has 0 aromatic heterocycles. The molecule has 0 saturated heterocycles. The molecule has 25 heavy (non-hydrogen) atoms. The predicted octanol–water partition coefficient (Wildman–Crippen LogP) is 4.45. The maximum atomic E-state index is 12.3. The molecule has 4 nitrogen and oxygen atoms in total. The summed E-state index contributed by atoms with van der Waals surface area (Å²) in [6.45, 7) is 2.06. The molecular formula is C20H25NO3S. The molecule has 134 valence electrons. The van der Waals surface area contributed by atoms with Gasteiger partial charge in [-0.15, -0.1) is 11.8 Å². The molecule has 0 saturated carbocycles. The summed E-state index contributed by atoms with van der Waals surface area (Å²) in [5.41, 5.74) is 1.02. The van der Waals surface area contributed by atoms with Crippen molar-refractivity contribution in [2.75, 3.05) is 20.0 Å². The number of thioether (sulfide) groups is 1. The van der Waals surface area contributed by atoms with Crippen molar-refractivity contribution < 1.29 is 14.3 Å². The first kappa shape index (κ1) is 19.2. The fourth-order valence-electron chi connectivity index (χ4n) is 2.54. The minimum Gasteiger partial charge on any atom is -0.493 e. The first-order valence-electron chi connectivity index (χ1n) is 8.37. The minimum atomic E-state index is -0.0333. The molecule has 0 bridgehead atoms. The third-order valence-corrected chi connectivity index (χ3v) is 4.91. The second-order valence-corrected chi connectivity index (χ2v) is 6.72. The summed E-state index contributed by atoms with van der Waals surface area (Å²) in [7, 11) is 3.23. The Balaban J connectivity index is 1.91. The summed E-state index contributed by atoms with van der Waals surface area (Å²) in [5, 5.41) is 3.11. The van der Waals surface area contributed by atoms with Crippen LogP contribution in [0.15, 0.2) is 53.4 Å². The lowest BCUT2D eigenvalue weighted by Gasteiger charge is -2.19. The lowest BCUT2D eigenvalue weighted by molar-refractivity contribution is -0.121. The minimum absolute atomic E-state index is 0.0333. The van der Waals surface area contributed by atoms with Gasteiger partial charge < -0.3 is 14.8 Å². The summed E-state index contributed by atoms with van der Waals surface area (Å²) in [6, 6.07) is 15.8. The standard InChI is InChI=1S/C20H25NO3S/c1-4-17(15-10-11-18(23-2)19(14-15)24-3)21-20(22)12-13-25-16-8-6-5-7-9-16/h5-11,14,17H,4,12-13H2,1-3H3,(H,21,22)/t17-/m1/s1. The molecule has 0 aliphatic rings. The summed E-state index contributed by atoms with van der Waals surface area (Å²) < 4.78 is 10.6. The van der Waals surface area contributed by atoms with Gasteiger partial charge >= 0.3 is 0 Å². The van der Waals surface area contributed by atoms with Crippen molar-refractivity contribution in [2.24, 2.45) is 0 Å². The lowest BCUT2D eigenvalue weighted by atomic mass is 10.0. The molecule has 0 fully saturated rings. The molecule has 2 rings (SSSR count). The van der Waals surface area contributed by atoms with E-state index in [9.17, 15) is 4.79 Å². The molecule has 2 aromatic carbocycles. The number of methoxy groups -OCH3 is 2. The van der Waals surface area contributed by atoms with E-state index in [-0.39, 0.29) is 11.9 Å². The molecule has 0 aliphatic heterocycles. The van der Waals surface area contributed by atoms with Gasteiger partial charge in [0.1, 0.15) is 0 Å². The fraction of sp³-hybridized carbons (Fsp3) is 0.350. The molecule has 1 N–H and O–H groups in total. The van der Waals surface area contributed by atoms with Crippen molar-refractivity contribution in [2.45, 2.75) is 30.7 Å². The van der Waals surface area contributed by atoms with E-state index in [2.05, 4.69) is 24.4 Å². The van der Waals surface area contributed by atoms with Crippen LogP contribution in [0.3, 0.4) is 0 Å². The number of carbonyl (C=O) groups excluding carboxylic acids is 1. The molecule has 0 aliphatic carbocycles. The number of amides is 1. The van der Waals surface area contributed by atoms with E-state index in [1.165, 1.54) is 4.90 Å². The van der Waals surface area contributed by atoms with Crippen molar-refractivity contribution in [3.8, 4) is 11.5 Å². The van der Waals surface area contributed by atoms with Crippen molar-refractivity contribution in [3.05, 3.63) is 54.1 Å². The number of nitrogens with one attached hydrogen (secondary N) is 1. The number of rotatable bonds is 9. The predicted molar refractivity (Wildman–Crippen MR) is 103 cm³/mol. The van der Waals surface area contributed by atoms with Crippen LogP contribution in [0.2, 0.25) is 0 Å². The average Bonchev–Trinajstić information content (AvgIpc) is 2.66. The number of carbonyl (C=O) groups is 1. The van der Waals surface area contributed by atoms with Crippen LogP contribution in [0.25, 0.3) is 0 Å². The van der Waals surface area contributed by atoms with Gasteiger partial charge in [-0.3, -0.25) is 4.79 Å². The van der Waals surface area contributed by atoms with Crippen LogP contribution in [-0.2, 0) is 4.79 Å². The smallest absolute Gasteiger partial charge is 0.221 e. The number of hydrogen-bond acceptors (Lipinski definition) is 4. The first-order chi connectivity index (χ1) is 12.2. The largest absolute Gasteiger partial charge is 0.493 e. The second kappa shape index (κ2) is 9.99. The Hall–Kier alpha value is -2.14. The van der Waals surface area contributed by atoms with Crippen LogP contribution in [0, 0.1) is 0 Å². The van der Waals surface area contributed by atoms with E-state index in [0.29, 0.717) is 17.9 Å². The Kier molecular flexibility index (Phi) is 7.67. The van der Waals surface area contributed by atoms with E-state index in [1.807, 2.05) is 36.4 Å². The van der Waals surface area contributed by atoms with Crippen molar-refractivity contribution in [1.82, 2.24) is 5.32 Å². The Labute approximate surface area is 153 Å². The zero-order valence-electron chi connectivity index (χ0n) is 15.0. The third-order valence-electron chi connectivity index (χ3n) is 3.89. The van der Waals surface area contributed by atoms with Crippen molar-refractivity contribution >= 4 is 17.7 Å². The third kappa shape index (κ3) is 5.71. The molecule has 1 atom stereocenters. The second-order valence-electron chi connectivity index (χ2n) is 5.55. The van der Waals surface area contributed by atoms with Crippen LogP contribution in [0.5, 0.6) is 11.5 Å². The van der Waals surface area contributed by atoms with E-state index in [1.54, 1.807) is 26.0 Å². The normalized spacial score (nSPS) is 11.6. The van der Waals surface area contributed by atoms with Crippen molar-refractivity contribution in [3.63, 3.8) is 0 Å². The zero-order valence-corrected chi connectivity index (χ0v) is 15.8. The summed E-state index contributed by atoms with van der Waals surface area (Å²) in [6.07, 6.45) is 1.30. The van der Waals surface area contributed by atoms with Gasteiger partial charge in [-0.1, -0.05) is 31.2 Å². The van der Waals surface area contributed by atoms with Gasteiger partial charge in [0.15, 0.2) is 11.5 Å². The van der Waals surface area contributed by atoms with E-state index in [4.69, 9.17) is 9.47 Å². The highest BCUT2D eigenvalue weighted by Crippen LogP contribution is 2.31. The van der Waals surface area contributed by atoms with Gasteiger partial charge in [0.2, 0.25) is 5.91 Å². The monoisotopic (exact) mass is 359 g/mol. The van der Waals surface area contributed by atoms with Gasteiger partial charge in [0.05, 0.1) is 20.3 Å². The first-order valence-corrected chi connectivity index (χ1v) is 9.35. The van der Waals surface area contributed by atoms with Crippen LogP contribution in [0.1, 0.15) is 31.4 Å². The van der Waals surface area contributed by atoms with Gasteiger partial charge in [-0.2, -0.15) is 0 Å². The number of ether oxygens (including phenoxy) is 2. The average molecular weight is 359 g/mol. The van der Waals surface area contributed by atoms with Crippen LogP contribution in [0.4, 0.5) is 0 Å². The molecule has 0 heterocycles. The van der Waals surface area contributed by atoms with Gasteiger partial charge in [-0.25, -0.2) is 0 Å². The number of benzene rings is 2. The summed E-state index contributed by atoms with van der Waals surface area (Å²) in [4.78, 5) is 13.5. The van der Waals surface area contributed by atoms with Crippen LogP contribution in [-0.4, -0.2) is 25.9 Å². The van der Waals surface area contributed by atoms with E-state index < -0.39 is 0 Å². The van der Waals surface area contributed by atoms with Gasteiger partial charge in [0, 0.05) is 17.1 Å². The maximum absolute atomic E-state index is 12.3. The Morgan fingerprint density at radius 3 is 2.44 bits per heavy atom. The number of hydrogen-bond donors (Lipinski definition) is 1. The van der Waals surface area contributed by atoms with Crippen molar-refractivity contribution in [1.29, 1.82) is 0 Å². The molecule has 2 aromatic rings. The van der Waals surface area contributed by atoms with Crippen LogP contribution < -0.4 is 14.8 Å². The van der Waals surface area contributed by atoms with Gasteiger partial charge in [-0.05, 0) is 36.2 Å².